The van der Waals surface area contributed by atoms with Crippen LogP contribution in [0.3, 0.4) is 0 Å². The second kappa shape index (κ2) is 5.65. The number of carbonyl (C=O) groups is 1. The zero-order valence-corrected chi connectivity index (χ0v) is 10.5. The van der Waals surface area contributed by atoms with E-state index in [0.29, 0.717) is 12.1 Å². The van der Waals surface area contributed by atoms with Crippen molar-refractivity contribution >= 4 is 5.91 Å². The fourth-order valence-corrected chi connectivity index (χ4v) is 2.25. The van der Waals surface area contributed by atoms with E-state index in [9.17, 15) is 4.79 Å². The highest BCUT2D eigenvalue weighted by Crippen LogP contribution is 2.11. The lowest BCUT2D eigenvalue weighted by molar-refractivity contribution is -0.132. The summed E-state index contributed by atoms with van der Waals surface area (Å²) in [6.07, 6.45) is 1.98. The Labute approximate surface area is 107 Å². The first-order valence-electron chi connectivity index (χ1n) is 6.18. The van der Waals surface area contributed by atoms with E-state index in [-0.39, 0.29) is 11.9 Å². The van der Waals surface area contributed by atoms with Gasteiger partial charge in [0.2, 0.25) is 5.91 Å². The lowest BCUT2D eigenvalue weighted by Crippen LogP contribution is -2.41. The average Bonchev–Trinajstić information content (AvgIpc) is 2.92. The Morgan fingerprint density at radius 2 is 2.44 bits per heavy atom. The molecular weight excluding hydrogens is 226 g/mol. The highest BCUT2D eigenvalue weighted by molar-refractivity contribution is 5.81. The van der Waals surface area contributed by atoms with Crippen LogP contribution in [0.15, 0.2) is 24.3 Å². The summed E-state index contributed by atoms with van der Waals surface area (Å²) in [6, 6.07) is 9.45. The molecule has 0 radical (unpaired) electrons. The van der Waals surface area contributed by atoms with Gasteiger partial charge in [-0.25, -0.2) is 0 Å². The minimum Gasteiger partial charge on any atom is -0.340 e. The summed E-state index contributed by atoms with van der Waals surface area (Å²) in [4.78, 5) is 13.8. The molecule has 1 aliphatic rings. The van der Waals surface area contributed by atoms with Gasteiger partial charge in [-0.3, -0.25) is 4.79 Å². The monoisotopic (exact) mass is 243 g/mol. The second-order valence-electron chi connectivity index (χ2n) is 4.66. The highest BCUT2D eigenvalue weighted by atomic mass is 16.2. The Hall–Kier alpha value is -1.86. The Morgan fingerprint density at radius 1 is 1.61 bits per heavy atom. The molecule has 0 spiro atoms. The Morgan fingerprint density at radius 3 is 3.11 bits per heavy atom. The molecule has 0 aliphatic carbocycles. The number of amides is 1. The summed E-state index contributed by atoms with van der Waals surface area (Å²) >= 11 is 0. The van der Waals surface area contributed by atoms with E-state index in [1.807, 2.05) is 18.2 Å². The molecular formula is C14H17N3O. The van der Waals surface area contributed by atoms with Crippen LogP contribution in [0.1, 0.15) is 24.0 Å². The third kappa shape index (κ3) is 2.88. The van der Waals surface area contributed by atoms with Gasteiger partial charge in [0, 0.05) is 13.6 Å². The normalized spacial score (nSPS) is 18.3. The molecule has 0 aromatic heterocycles. The van der Waals surface area contributed by atoms with Crippen molar-refractivity contribution in [1.29, 1.82) is 5.26 Å². The minimum absolute atomic E-state index is 0.0332. The summed E-state index contributed by atoms with van der Waals surface area (Å²) in [7, 11) is 1.81. The Kier molecular flexibility index (Phi) is 3.96. The molecule has 1 aliphatic heterocycles. The van der Waals surface area contributed by atoms with Crippen molar-refractivity contribution in [3.8, 4) is 6.07 Å². The first kappa shape index (κ1) is 12.6. The highest BCUT2D eigenvalue weighted by Gasteiger charge is 2.24. The van der Waals surface area contributed by atoms with Gasteiger partial charge in [0.15, 0.2) is 0 Å². The molecule has 1 N–H and O–H groups in total. The molecule has 1 saturated heterocycles. The van der Waals surface area contributed by atoms with E-state index in [0.717, 1.165) is 24.9 Å². The van der Waals surface area contributed by atoms with Crippen molar-refractivity contribution < 1.29 is 4.79 Å². The predicted octanol–water partition coefficient (Wildman–Crippen LogP) is 1.27. The van der Waals surface area contributed by atoms with Crippen molar-refractivity contribution in [2.75, 3.05) is 13.6 Å². The smallest absolute Gasteiger partial charge is 0.239 e. The van der Waals surface area contributed by atoms with E-state index >= 15 is 0 Å². The van der Waals surface area contributed by atoms with Gasteiger partial charge in [-0.2, -0.15) is 5.26 Å². The molecule has 4 heteroatoms. The lowest BCUT2D eigenvalue weighted by Gasteiger charge is -2.21. The molecule has 0 saturated carbocycles. The van der Waals surface area contributed by atoms with Gasteiger partial charge in [-0.05, 0) is 37.1 Å². The van der Waals surface area contributed by atoms with Crippen LogP contribution in [0.2, 0.25) is 0 Å². The molecule has 1 aromatic rings. The summed E-state index contributed by atoms with van der Waals surface area (Å²) in [6.45, 7) is 1.47. The molecule has 94 valence electrons. The van der Waals surface area contributed by atoms with Crippen molar-refractivity contribution in [3.63, 3.8) is 0 Å². The Bertz CT molecular complexity index is 472. The van der Waals surface area contributed by atoms with Crippen LogP contribution >= 0.6 is 0 Å². The zero-order valence-electron chi connectivity index (χ0n) is 10.5. The molecule has 1 amide bonds. The maximum Gasteiger partial charge on any atom is 0.239 e. The van der Waals surface area contributed by atoms with Crippen LogP contribution in [-0.4, -0.2) is 30.4 Å². The number of rotatable bonds is 3. The molecule has 1 atom stereocenters. The molecule has 1 aromatic carbocycles. The maximum atomic E-state index is 12.1. The van der Waals surface area contributed by atoms with E-state index in [1.165, 1.54) is 0 Å². The molecule has 0 bridgehead atoms. The van der Waals surface area contributed by atoms with Crippen LogP contribution in [-0.2, 0) is 11.3 Å². The van der Waals surface area contributed by atoms with E-state index in [4.69, 9.17) is 5.26 Å². The number of hydrogen-bond acceptors (Lipinski definition) is 3. The van der Waals surface area contributed by atoms with E-state index in [1.54, 1.807) is 18.0 Å². The molecule has 1 heterocycles. The van der Waals surface area contributed by atoms with Crippen molar-refractivity contribution in [2.45, 2.75) is 25.4 Å². The summed E-state index contributed by atoms with van der Waals surface area (Å²) < 4.78 is 0. The van der Waals surface area contributed by atoms with Crippen LogP contribution in [0, 0.1) is 11.3 Å². The first-order chi connectivity index (χ1) is 8.70. The zero-order chi connectivity index (χ0) is 13.0. The number of nitrogens with zero attached hydrogens (tertiary/aromatic N) is 2. The number of nitriles is 1. The summed E-state index contributed by atoms with van der Waals surface area (Å²) in [5.74, 6) is 0.134. The molecule has 0 unspecified atom stereocenters. The number of hydrogen-bond donors (Lipinski definition) is 1. The van der Waals surface area contributed by atoms with Gasteiger partial charge in [0.1, 0.15) is 0 Å². The van der Waals surface area contributed by atoms with Crippen LogP contribution in [0.5, 0.6) is 0 Å². The second-order valence-corrected chi connectivity index (χ2v) is 4.66. The average molecular weight is 243 g/mol. The summed E-state index contributed by atoms with van der Waals surface area (Å²) in [5.41, 5.74) is 1.62. The maximum absolute atomic E-state index is 12.1. The quantitative estimate of drug-likeness (QED) is 0.869. The number of nitrogens with one attached hydrogen (secondary N) is 1. The fraction of sp³-hybridized carbons (Fsp3) is 0.429. The minimum atomic E-state index is -0.0332. The van der Waals surface area contributed by atoms with Gasteiger partial charge >= 0.3 is 0 Å². The third-order valence-corrected chi connectivity index (χ3v) is 3.21. The predicted molar refractivity (Wildman–Crippen MR) is 68.7 cm³/mol. The van der Waals surface area contributed by atoms with Gasteiger partial charge in [-0.15, -0.1) is 0 Å². The van der Waals surface area contributed by atoms with Gasteiger partial charge in [0.05, 0.1) is 17.7 Å². The van der Waals surface area contributed by atoms with Crippen LogP contribution in [0.4, 0.5) is 0 Å². The Balaban J connectivity index is 1.99. The molecule has 18 heavy (non-hydrogen) atoms. The van der Waals surface area contributed by atoms with Gasteiger partial charge in [0.25, 0.3) is 0 Å². The van der Waals surface area contributed by atoms with Crippen LogP contribution < -0.4 is 5.32 Å². The number of likely N-dealkylation sites (N-methyl/N-ethyl adjacent to an activating group) is 1. The molecule has 4 nitrogen and oxygen atoms in total. The number of benzene rings is 1. The summed E-state index contributed by atoms with van der Waals surface area (Å²) in [5, 5.41) is 12.0. The lowest BCUT2D eigenvalue weighted by atomic mass is 10.1. The van der Waals surface area contributed by atoms with Crippen LogP contribution in [0.25, 0.3) is 0 Å². The topological polar surface area (TPSA) is 56.1 Å². The van der Waals surface area contributed by atoms with Crippen molar-refractivity contribution in [1.82, 2.24) is 10.2 Å². The fourth-order valence-electron chi connectivity index (χ4n) is 2.25. The SMILES string of the molecule is CN(Cc1cccc(C#N)c1)C(=O)[C@@H]1CCCN1. The largest absolute Gasteiger partial charge is 0.340 e. The van der Waals surface area contributed by atoms with E-state index < -0.39 is 0 Å². The first-order valence-corrected chi connectivity index (χ1v) is 6.18. The van der Waals surface area contributed by atoms with Gasteiger partial charge in [-0.1, -0.05) is 12.1 Å². The number of carbonyl (C=O) groups excluding carboxylic acids is 1. The van der Waals surface area contributed by atoms with Crippen molar-refractivity contribution in [2.24, 2.45) is 0 Å². The van der Waals surface area contributed by atoms with E-state index in [2.05, 4.69) is 11.4 Å². The van der Waals surface area contributed by atoms with Crippen molar-refractivity contribution in [3.05, 3.63) is 35.4 Å². The molecule has 1 fully saturated rings. The third-order valence-electron chi connectivity index (χ3n) is 3.21. The standard InChI is InChI=1S/C14H17N3O/c1-17(14(18)13-6-3-7-16-13)10-12-5-2-4-11(8-12)9-15/h2,4-5,8,13,16H,3,6-7,10H2,1H3/t13-/m0/s1. The molecule has 2 rings (SSSR count). The van der Waals surface area contributed by atoms with Gasteiger partial charge < -0.3 is 10.2 Å².